The number of anilines is 1. The van der Waals surface area contributed by atoms with E-state index in [0.29, 0.717) is 23.3 Å². The molecule has 7 heteroatoms. The number of esters is 2. The van der Waals surface area contributed by atoms with Crippen molar-refractivity contribution in [3.8, 4) is 0 Å². The Morgan fingerprint density at radius 3 is 2.13 bits per heavy atom. The summed E-state index contributed by atoms with van der Waals surface area (Å²) in [5.74, 6) is -3.38. The molecule has 3 unspecified atom stereocenters. The average molecular weight is 531 g/mol. The number of carbonyl (C=O) groups excluding carboxylic acids is 3. The highest BCUT2D eigenvalue weighted by Crippen LogP contribution is 2.48. The summed E-state index contributed by atoms with van der Waals surface area (Å²) in [4.78, 5) is 43.2. The van der Waals surface area contributed by atoms with Crippen LogP contribution in [0.3, 0.4) is 0 Å². The summed E-state index contributed by atoms with van der Waals surface area (Å²) in [6, 6.07) is 17.6. The number of ether oxygens (including phenoxy) is 2. The molecule has 2 aliphatic rings. The molecule has 3 atom stereocenters. The smallest absolute Gasteiger partial charge is 0.336 e. The van der Waals surface area contributed by atoms with Crippen molar-refractivity contribution in [1.29, 1.82) is 0 Å². The summed E-state index contributed by atoms with van der Waals surface area (Å²) in [6.45, 7) is 11.7. The SMILES string of the molecule is CCOC(=O)C1=C(C)NC2=C(C(=O)C(C(=O)OCC)C(c3ccccc3)C2)C1c1ccc(N(CC)CC)cc1. The second-order valence-electron chi connectivity index (χ2n) is 9.79. The van der Waals surface area contributed by atoms with Crippen molar-refractivity contribution in [3.63, 3.8) is 0 Å². The monoisotopic (exact) mass is 530 g/mol. The minimum absolute atomic E-state index is 0.178. The molecule has 0 saturated heterocycles. The van der Waals surface area contributed by atoms with E-state index in [4.69, 9.17) is 9.47 Å². The predicted octanol–water partition coefficient (Wildman–Crippen LogP) is 5.25. The summed E-state index contributed by atoms with van der Waals surface area (Å²) in [5, 5.41) is 3.35. The zero-order valence-electron chi connectivity index (χ0n) is 23.5. The standard InChI is InChI=1S/C32H38N2O5/c1-6-34(7-2)23-17-15-22(16-18-23)27-26(31(36)38-8-3)20(5)33-25-19-24(21-13-11-10-12-14-21)28(30(35)29(25)27)32(37)39-9-4/h10-18,24,27-28,33H,6-9,19H2,1-5H3. The van der Waals surface area contributed by atoms with Gasteiger partial charge >= 0.3 is 11.9 Å². The van der Waals surface area contributed by atoms with Gasteiger partial charge in [0, 0.05) is 47.6 Å². The Kier molecular flexibility index (Phi) is 8.90. The van der Waals surface area contributed by atoms with Gasteiger partial charge in [-0.1, -0.05) is 42.5 Å². The number of benzene rings is 2. The van der Waals surface area contributed by atoms with Crippen molar-refractivity contribution in [2.75, 3.05) is 31.2 Å². The third kappa shape index (κ3) is 5.49. The van der Waals surface area contributed by atoms with Gasteiger partial charge < -0.3 is 19.7 Å². The first kappa shape index (κ1) is 28.1. The predicted molar refractivity (Wildman–Crippen MR) is 151 cm³/mol. The summed E-state index contributed by atoms with van der Waals surface area (Å²) in [6.07, 6.45) is 0.441. The number of hydrogen-bond donors (Lipinski definition) is 1. The summed E-state index contributed by atoms with van der Waals surface area (Å²) in [5.41, 5.74) is 4.97. The van der Waals surface area contributed by atoms with E-state index in [1.165, 1.54) is 0 Å². The molecule has 1 heterocycles. The maximum absolute atomic E-state index is 14.4. The molecule has 1 N–H and O–H groups in total. The lowest BCUT2D eigenvalue weighted by Crippen LogP contribution is -2.43. The van der Waals surface area contributed by atoms with E-state index in [-0.39, 0.29) is 24.9 Å². The van der Waals surface area contributed by atoms with Crippen molar-refractivity contribution in [2.45, 2.75) is 52.9 Å². The number of nitrogens with one attached hydrogen (secondary N) is 1. The lowest BCUT2D eigenvalue weighted by Gasteiger charge is -2.39. The van der Waals surface area contributed by atoms with E-state index < -0.39 is 23.8 Å². The van der Waals surface area contributed by atoms with E-state index in [1.807, 2.05) is 61.5 Å². The molecule has 0 radical (unpaired) electrons. The molecule has 0 bridgehead atoms. The van der Waals surface area contributed by atoms with Gasteiger partial charge in [0.15, 0.2) is 5.78 Å². The molecule has 2 aromatic rings. The molecule has 0 spiro atoms. The molecule has 1 aliphatic carbocycles. The van der Waals surface area contributed by atoms with E-state index in [2.05, 4.69) is 24.1 Å². The van der Waals surface area contributed by atoms with Crippen LogP contribution in [0.25, 0.3) is 0 Å². The van der Waals surface area contributed by atoms with E-state index in [9.17, 15) is 14.4 Å². The first-order valence-corrected chi connectivity index (χ1v) is 13.8. The molecule has 0 saturated carbocycles. The van der Waals surface area contributed by atoms with Crippen LogP contribution in [0.15, 0.2) is 77.1 Å². The fraction of sp³-hybridized carbons (Fsp3) is 0.406. The zero-order chi connectivity index (χ0) is 28.1. The number of Topliss-reactive ketones (excluding diaryl/α,β-unsaturated/α-hetero) is 1. The fourth-order valence-corrected chi connectivity index (χ4v) is 5.83. The lowest BCUT2D eigenvalue weighted by atomic mass is 9.67. The second kappa shape index (κ2) is 12.3. The Balaban J connectivity index is 1.87. The third-order valence-corrected chi connectivity index (χ3v) is 7.64. The molecule has 1 aliphatic heterocycles. The highest BCUT2D eigenvalue weighted by Gasteiger charge is 2.49. The Hall–Kier alpha value is -3.87. The normalized spacial score (nSPS) is 20.7. The fourth-order valence-electron chi connectivity index (χ4n) is 5.83. The van der Waals surface area contributed by atoms with Crippen molar-refractivity contribution < 1.29 is 23.9 Å². The number of ketones is 1. The number of dihydropyridines is 1. The summed E-state index contributed by atoms with van der Waals surface area (Å²) in [7, 11) is 0. The quantitative estimate of drug-likeness (QED) is 0.350. The maximum Gasteiger partial charge on any atom is 0.336 e. The Morgan fingerprint density at radius 2 is 1.54 bits per heavy atom. The number of rotatable bonds is 9. The van der Waals surface area contributed by atoms with Crippen molar-refractivity contribution in [2.24, 2.45) is 5.92 Å². The van der Waals surface area contributed by atoms with Crippen LogP contribution in [0.4, 0.5) is 5.69 Å². The van der Waals surface area contributed by atoms with Crippen LogP contribution >= 0.6 is 0 Å². The first-order valence-electron chi connectivity index (χ1n) is 13.8. The molecule has 0 fully saturated rings. The van der Waals surface area contributed by atoms with Gasteiger partial charge in [0.1, 0.15) is 5.92 Å². The van der Waals surface area contributed by atoms with Crippen LogP contribution < -0.4 is 10.2 Å². The topological polar surface area (TPSA) is 84.9 Å². The highest BCUT2D eigenvalue weighted by molar-refractivity contribution is 6.13. The zero-order valence-corrected chi connectivity index (χ0v) is 23.5. The molecule has 2 aromatic carbocycles. The minimum Gasteiger partial charge on any atom is -0.465 e. The largest absolute Gasteiger partial charge is 0.465 e. The maximum atomic E-state index is 14.4. The molecule has 206 valence electrons. The van der Waals surface area contributed by atoms with Gasteiger partial charge in [-0.15, -0.1) is 0 Å². The van der Waals surface area contributed by atoms with Crippen LogP contribution in [-0.2, 0) is 23.9 Å². The first-order chi connectivity index (χ1) is 18.9. The Labute approximate surface area is 230 Å². The van der Waals surface area contributed by atoms with Crippen molar-refractivity contribution in [1.82, 2.24) is 5.32 Å². The summed E-state index contributed by atoms with van der Waals surface area (Å²) < 4.78 is 10.9. The van der Waals surface area contributed by atoms with Crippen LogP contribution in [-0.4, -0.2) is 44.0 Å². The average Bonchev–Trinajstić information content (AvgIpc) is 2.94. The molecular formula is C32H38N2O5. The number of nitrogens with zero attached hydrogens (tertiary/aromatic N) is 1. The van der Waals surface area contributed by atoms with Gasteiger partial charge in [0.25, 0.3) is 0 Å². The lowest BCUT2D eigenvalue weighted by molar-refractivity contribution is -0.152. The molecule has 0 amide bonds. The molecule has 0 aromatic heterocycles. The minimum atomic E-state index is -1.01. The number of carbonyl (C=O) groups is 3. The molecule has 4 rings (SSSR count). The van der Waals surface area contributed by atoms with Crippen molar-refractivity contribution >= 4 is 23.4 Å². The van der Waals surface area contributed by atoms with E-state index >= 15 is 0 Å². The molecule has 39 heavy (non-hydrogen) atoms. The van der Waals surface area contributed by atoms with Crippen LogP contribution in [0.2, 0.25) is 0 Å². The Bertz CT molecular complexity index is 1280. The highest BCUT2D eigenvalue weighted by atomic mass is 16.5. The van der Waals surface area contributed by atoms with Crippen LogP contribution in [0.5, 0.6) is 0 Å². The number of hydrogen-bond acceptors (Lipinski definition) is 7. The van der Waals surface area contributed by atoms with Crippen LogP contribution in [0.1, 0.15) is 64.0 Å². The van der Waals surface area contributed by atoms with Gasteiger partial charge in [0.2, 0.25) is 0 Å². The Morgan fingerprint density at radius 1 is 0.897 bits per heavy atom. The van der Waals surface area contributed by atoms with Crippen molar-refractivity contribution in [3.05, 3.63) is 88.3 Å². The van der Waals surface area contributed by atoms with Gasteiger partial charge in [-0.25, -0.2) is 4.79 Å². The summed E-state index contributed by atoms with van der Waals surface area (Å²) >= 11 is 0. The number of allylic oxidation sites excluding steroid dienone is 3. The van der Waals surface area contributed by atoms with Crippen LogP contribution in [0, 0.1) is 5.92 Å². The van der Waals surface area contributed by atoms with Gasteiger partial charge in [0.05, 0.1) is 18.8 Å². The van der Waals surface area contributed by atoms with E-state index in [1.54, 1.807) is 13.8 Å². The molecular weight excluding hydrogens is 492 g/mol. The molecule has 7 nitrogen and oxygen atoms in total. The third-order valence-electron chi connectivity index (χ3n) is 7.64. The van der Waals surface area contributed by atoms with Gasteiger partial charge in [-0.3, -0.25) is 9.59 Å². The second-order valence-corrected chi connectivity index (χ2v) is 9.79. The van der Waals surface area contributed by atoms with E-state index in [0.717, 1.165) is 35.6 Å². The van der Waals surface area contributed by atoms with Gasteiger partial charge in [-0.2, -0.15) is 0 Å². The van der Waals surface area contributed by atoms with Gasteiger partial charge in [-0.05, 0) is 64.3 Å².